The summed E-state index contributed by atoms with van der Waals surface area (Å²) in [7, 11) is 3.61. The second kappa shape index (κ2) is 7.27. The molecule has 1 aliphatic carbocycles. The molecule has 1 aliphatic rings. The van der Waals surface area contributed by atoms with Crippen LogP contribution in [0.25, 0.3) is 0 Å². The molecule has 0 bridgehead atoms. The van der Waals surface area contributed by atoms with Gasteiger partial charge in [0.15, 0.2) is 0 Å². The lowest BCUT2D eigenvalue weighted by Crippen LogP contribution is -2.34. The van der Waals surface area contributed by atoms with E-state index in [-0.39, 0.29) is 5.97 Å². The van der Waals surface area contributed by atoms with Crippen molar-refractivity contribution in [1.82, 2.24) is 4.90 Å². The highest BCUT2D eigenvalue weighted by Crippen LogP contribution is 2.32. The molecule has 1 aromatic rings. The SMILES string of the molecule is COC(=O)c1c(N)sc(CCN(C)C2CCCCC2)c1C. The first-order valence-electron chi connectivity index (χ1n) is 7.71. The van der Waals surface area contributed by atoms with Crippen molar-refractivity contribution in [3.63, 3.8) is 0 Å². The minimum atomic E-state index is -0.326. The Labute approximate surface area is 131 Å². The highest BCUT2D eigenvalue weighted by Gasteiger charge is 2.21. The largest absolute Gasteiger partial charge is 0.465 e. The molecule has 2 rings (SSSR count). The average molecular weight is 310 g/mol. The number of esters is 1. The number of carbonyl (C=O) groups is 1. The van der Waals surface area contributed by atoms with E-state index in [1.807, 2.05) is 6.92 Å². The number of hydrogen-bond acceptors (Lipinski definition) is 5. The van der Waals surface area contributed by atoms with Crippen LogP contribution in [0.5, 0.6) is 0 Å². The van der Waals surface area contributed by atoms with Crippen LogP contribution in [-0.2, 0) is 11.2 Å². The van der Waals surface area contributed by atoms with Crippen LogP contribution in [0.4, 0.5) is 5.00 Å². The van der Waals surface area contributed by atoms with Crippen LogP contribution in [0.15, 0.2) is 0 Å². The summed E-state index contributed by atoms with van der Waals surface area (Å²) in [6.45, 7) is 2.99. The molecule has 0 amide bonds. The van der Waals surface area contributed by atoms with E-state index in [4.69, 9.17) is 10.5 Å². The van der Waals surface area contributed by atoms with Crippen molar-refractivity contribution >= 4 is 22.3 Å². The van der Waals surface area contributed by atoms with Gasteiger partial charge in [0, 0.05) is 17.5 Å². The van der Waals surface area contributed by atoms with E-state index in [0.29, 0.717) is 10.6 Å². The number of hydrogen-bond donors (Lipinski definition) is 1. The zero-order valence-electron chi connectivity index (χ0n) is 13.3. The highest BCUT2D eigenvalue weighted by molar-refractivity contribution is 7.16. The Balaban J connectivity index is 1.98. The van der Waals surface area contributed by atoms with Crippen molar-refractivity contribution in [2.75, 3.05) is 26.4 Å². The summed E-state index contributed by atoms with van der Waals surface area (Å²) in [4.78, 5) is 15.4. The molecule has 0 aliphatic heterocycles. The summed E-state index contributed by atoms with van der Waals surface area (Å²) in [5.74, 6) is -0.326. The first-order chi connectivity index (χ1) is 10.0. The fourth-order valence-corrected chi connectivity index (χ4v) is 4.21. The van der Waals surface area contributed by atoms with Gasteiger partial charge in [-0.15, -0.1) is 11.3 Å². The molecule has 1 aromatic heterocycles. The molecule has 0 saturated heterocycles. The van der Waals surface area contributed by atoms with Gasteiger partial charge < -0.3 is 15.4 Å². The molecule has 0 unspecified atom stereocenters. The number of nitrogens with zero attached hydrogens (tertiary/aromatic N) is 1. The van der Waals surface area contributed by atoms with Crippen LogP contribution >= 0.6 is 11.3 Å². The maximum absolute atomic E-state index is 11.7. The minimum Gasteiger partial charge on any atom is -0.465 e. The number of nitrogen functional groups attached to an aromatic ring is 1. The Hall–Kier alpha value is -1.07. The molecule has 5 heteroatoms. The standard InChI is InChI=1S/C16H26N2O2S/c1-11-13(21-15(17)14(11)16(19)20-3)9-10-18(2)12-7-5-4-6-8-12/h12H,4-10,17H2,1-3H3. The molecule has 1 fully saturated rings. The highest BCUT2D eigenvalue weighted by atomic mass is 32.1. The Kier molecular flexibility index (Phi) is 5.65. The normalized spacial score (nSPS) is 16.4. The molecule has 0 atom stereocenters. The summed E-state index contributed by atoms with van der Waals surface area (Å²) in [6.07, 6.45) is 7.67. The zero-order valence-corrected chi connectivity index (χ0v) is 14.1. The van der Waals surface area contributed by atoms with Gasteiger partial charge in [-0.1, -0.05) is 19.3 Å². The Morgan fingerprint density at radius 3 is 2.67 bits per heavy atom. The van der Waals surface area contributed by atoms with Crippen LogP contribution in [0.3, 0.4) is 0 Å². The number of methoxy groups -OCH3 is 1. The van der Waals surface area contributed by atoms with Crippen LogP contribution in [0.1, 0.15) is 52.9 Å². The second-order valence-electron chi connectivity index (χ2n) is 5.90. The Morgan fingerprint density at radius 1 is 1.38 bits per heavy atom. The zero-order chi connectivity index (χ0) is 15.4. The summed E-state index contributed by atoms with van der Waals surface area (Å²) in [6, 6.07) is 0.719. The van der Waals surface area contributed by atoms with Gasteiger partial charge in [-0.25, -0.2) is 4.79 Å². The van der Waals surface area contributed by atoms with Crippen molar-refractivity contribution in [1.29, 1.82) is 0 Å². The molecule has 1 heterocycles. The number of anilines is 1. The van der Waals surface area contributed by atoms with Crippen molar-refractivity contribution in [2.24, 2.45) is 0 Å². The number of thiophene rings is 1. The molecule has 4 nitrogen and oxygen atoms in total. The van der Waals surface area contributed by atoms with E-state index in [1.54, 1.807) is 0 Å². The van der Waals surface area contributed by atoms with E-state index in [1.165, 1.54) is 55.4 Å². The topological polar surface area (TPSA) is 55.6 Å². The summed E-state index contributed by atoms with van der Waals surface area (Å²) < 4.78 is 4.81. The van der Waals surface area contributed by atoms with E-state index in [2.05, 4.69) is 11.9 Å². The Bertz CT molecular complexity index is 493. The molecule has 0 spiro atoms. The third kappa shape index (κ3) is 3.77. The van der Waals surface area contributed by atoms with E-state index >= 15 is 0 Å². The lowest BCUT2D eigenvalue weighted by atomic mass is 9.94. The molecule has 0 aromatic carbocycles. The fraction of sp³-hybridized carbons (Fsp3) is 0.688. The first kappa shape index (κ1) is 16.3. The summed E-state index contributed by atoms with van der Waals surface area (Å²) in [5.41, 5.74) is 7.51. The fourth-order valence-electron chi connectivity index (χ4n) is 3.16. The van der Waals surface area contributed by atoms with Gasteiger partial charge in [0.25, 0.3) is 0 Å². The first-order valence-corrected chi connectivity index (χ1v) is 8.52. The van der Waals surface area contributed by atoms with Gasteiger partial charge in [0.2, 0.25) is 0 Å². The minimum absolute atomic E-state index is 0.326. The monoisotopic (exact) mass is 310 g/mol. The van der Waals surface area contributed by atoms with E-state index in [9.17, 15) is 4.79 Å². The summed E-state index contributed by atoms with van der Waals surface area (Å²) in [5, 5.41) is 0.578. The lowest BCUT2D eigenvalue weighted by molar-refractivity contribution is 0.0601. The third-order valence-electron chi connectivity index (χ3n) is 4.55. The van der Waals surface area contributed by atoms with Gasteiger partial charge in [-0.05, 0) is 38.8 Å². The number of rotatable bonds is 5. The Morgan fingerprint density at radius 2 is 2.05 bits per heavy atom. The number of nitrogens with two attached hydrogens (primary N) is 1. The molecular formula is C16H26N2O2S. The van der Waals surface area contributed by atoms with Crippen molar-refractivity contribution in [2.45, 2.75) is 51.5 Å². The molecule has 0 radical (unpaired) electrons. The number of likely N-dealkylation sites (N-methyl/N-ethyl adjacent to an activating group) is 1. The second-order valence-corrected chi connectivity index (χ2v) is 7.04. The van der Waals surface area contributed by atoms with Gasteiger partial charge in [0.1, 0.15) is 5.00 Å². The smallest absolute Gasteiger partial charge is 0.341 e. The maximum atomic E-state index is 11.7. The predicted molar refractivity (Wildman–Crippen MR) is 88.0 cm³/mol. The van der Waals surface area contributed by atoms with Gasteiger partial charge in [-0.2, -0.15) is 0 Å². The van der Waals surface area contributed by atoms with Gasteiger partial charge in [0.05, 0.1) is 12.7 Å². The van der Waals surface area contributed by atoms with Crippen LogP contribution < -0.4 is 5.73 Å². The molecule has 2 N–H and O–H groups in total. The summed E-state index contributed by atoms with van der Waals surface area (Å²) >= 11 is 1.52. The number of ether oxygens (including phenoxy) is 1. The average Bonchev–Trinajstić information content (AvgIpc) is 2.79. The number of carbonyl (C=O) groups excluding carboxylic acids is 1. The molecule has 1 saturated carbocycles. The van der Waals surface area contributed by atoms with Crippen LogP contribution in [-0.4, -0.2) is 37.6 Å². The van der Waals surface area contributed by atoms with E-state index < -0.39 is 0 Å². The van der Waals surface area contributed by atoms with Gasteiger partial charge in [-0.3, -0.25) is 0 Å². The predicted octanol–water partition coefficient (Wildman–Crippen LogP) is 3.23. The van der Waals surface area contributed by atoms with Crippen LogP contribution in [0.2, 0.25) is 0 Å². The molecular weight excluding hydrogens is 284 g/mol. The van der Waals surface area contributed by atoms with Crippen molar-refractivity contribution < 1.29 is 9.53 Å². The van der Waals surface area contributed by atoms with Crippen molar-refractivity contribution in [3.8, 4) is 0 Å². The molecule has 21 heavy (non-hydrogen) atoms. The third-order valence-corrected chi connectivity index (χ3v) is 5.73. The van der Waals surface area contributed by atoms with Gasteiger partial charge >= 0.3 is 5.97 Å². The molecule has 118 valence electrons. The van der Waals surface area contributed by atoms with E-state index in [0.717, 1.165) is 24.6 Å². The van der Waals surface area contributed by atoms with Crippen LogP contribution in [0, 0.1) is 6.92 Å². The quantitative estimate of drug-likeness (QED) is 0.848. The lowest BCUT2D eigenvalue weighted by Gasteiger charge is -2.31. The maximum Gasteiger partial charge on any atom is 0.341 e. The van der Waals surface area contributed by atoms with Crippen molar-refractivity contribution in [3.05, 3.63) is 16.0 Å².